The Kier molecular flexibility index (Phi) is 7.25. The third kappa shape index (κ3) is 5.58. The number of ether oxygens (including phenoxy) is 2. The lowest BCUT2D eigenvalue weighted by Crippen LogP contribution is -2.32. The fraction of sp³-hybridized carbons (Fsp3) is 0.367. The molecule has 2 atom stereocenters. The summed E-state index contributed by atoms with van der Waals surface area (Å²) in [5.41, 5.74) is 3.70. The molecule has 1 aliphatic carbocycles. The van der Waals surface area contributed by atoms with Gasteiger partial charge in [-0.3, -0.25) is 0 Å². The Morgan fingerprint density at radius 2 is 2.05 bits per heavy atom. The van der Waals surface area contributed by atoms with Crippen molar-refractivity contribution in [3.63, 3.8) is 0 Å². The number of fused-ring (bicyclic) bond motifs is 1. The van der Waals surface area contributed by atoms with E-state index in [1.165, 1.54) is 12.1 Å². The number of carboxylic acid groups (broad SMARTS) is 1. The van der Waals surface area contributed by atoms with E-state index in [-0.39, 0.29) is 24.2 Å². The first-order valence-corrected chi connectivity index (χ1v) is 13.5. The van der Waals surface area contributed by atoms with Crippen molar-refractivity contribution in [3.8, 4) is 5.88 Å². The standard InChI is InChI=1S/C30H30FN5O4/c1-18-2-5-21(23(31)14-18)17-40-27-10-12-32-28(35-27)20-6-3-19(4-7-20)15-26-33-24-8-9-25(30(37)38)34-29(24)36(26)16-22-11-13-39-22/h2,5-6,8-10,12,14,19,22H,3-4,7,11,13,15-17H2,1H3,(H,37,38)/t19?,22-/m0/s1. The van der Waals surface area contributed by atoms with Gasteiger partial charge in [0.15, 0.2) is 17.2 Å². The molecule has 1 aromatic carbocycles. The molecule has 3 aromatic heterocycles. The van der Waals surface area contributed by atoms with Gasteiger partial charge in [-0.2, -0.15) is 4.98 Å². The maximum absolute atomic E-state index is 14.2. The molecule has 1 N–H and O–H groups in total. The molecular weight excluding hydrogens is 513 g/mol. The summed E-state index contributed by atoms with van der Waals surface area (Å²) in [7, 11) is 0. The minimum absolute atomic E-state index is 0.00943. The first-order valence-electron chi connectivity index (χ1n) is 13.5. The van der Waals surface area contributed by atoms with E-state index in [0.29, 0.717) is 40.9 Å². The second kappa shape index (κ2) is 11.1. The van der Waals surface area contributed by atoms with Crippen LogP contribution >= 0.6 is 0 Å². The van der Waals surface area contributed by atoms with Crippen LogP contribution in [-0.2, 0) is 24.3 Å². The molecule has 0 saturated carbocycles. The monoisotopic (exact) mass is 543 g/mol. The van der Waals surface area contributed by atoms with Crippen LogP contribution < -0.4 is 4.74 Å². The average Bonchev–Trinajstić information content (AvgIpc) is 3.26. The van der Waals surface area contributed by atoms with Gasteiger partial charge in [-0.05, 0) is 67.9 Å². The van der Waals surface area contributed by atoms with E-state index in [4.69, 9.17) is 14.5 Å². The normalized spacial score (nSPS) is 18.8. The number of pyridine rings is 1. The van der Waals surface area contributed by atoms with Gasteiger partial charge in [-0.25, -0.2) is 24.1 Å². The maximum atomic E-state index is 14.2. The van der Waals surface area contributed by atoms with Crippen molar-refractivity contribution in [3.05, 3.63) is 83.0 Å². The quantitative estimate of drug-likeness (QED) is 0.308. The fourth-order valence-electron chi connectivity index (χ4n) is 5.18. The Morgan fingerprint density at radius 1 is 1.18 bits per heavy atom. The first kappa shape index (κ1) is 26.1. The van der Waals surface area contributed by atoms with E-state index in [1.807, 2.05) is 17.6 Å². The van der Waals surface area contributed by atoms with Crippen LogP contribution in [-0.4, -0.2) is 48.3 Å². The number of benzene rings is 1. The molecule has 1 unspecified atom stereocenters. The Bertz CT molecular complexity index is 1600. The molecule has 4 heterocycles. The van der Waals surface area contributed by atoms with Crippen LogP contribution in [0.4, 0.5) is 4.39 Å². The smallest absolute Gasteiger partial charge is 0.354 e. The molecule has 9 nitrogen and oxygen atoms in total. The zero-order valence-electron chi connectivity index (χ0n) is 22.2. The zero-order chi connectivity index (χ0) is 27.6. The van der Waals surface area contributed by atoms with Gasteiger partial charge >= 0.3 is 5.97 Å². The number of halogens is 1. The van der Waals surface area contributed by atoms with E-state index in [2.05, 4.69) is 21.0 Å². The third-order valence-electron chi connectivity index (χ3n) is 7.56. The Labute approximate surface area is 230 Å². The molecule has 206 valence electrons. The summed E-state index contributed by atoms with van der Waals surface area (Å²) in [5.74, 6) is 0.956. The van der Waals surface area contributed by atoms with Gasteiger partial charge in [0.05, 0.1) is 12.6 Å². The van der Waals surface area contributed by atoms with Crippen molar-refractivity contribution in [1.82, 2.24) is 24.5 Å². The third-order valence-corrected chi connectivity index (χ3v) is 7.56. The highest BCUT2D eigenvalue weighted by molar-refractivity contribution is 5.88. The van der Waals surface area contributed by atoms with Gasteiger partial charge in [-0.15, -0.1) is 0 Å². The van der Waals surface area contributed by atoms with Gasteiger partial charge in [0.1, 0.15) is 23.8 Å². The van der Waals surface area contributed by atoms with E-state index in [1.54, 1.807) is 24.4 Å². The number of hydrogen-bond acceptors (Lipinski definition) is 7. The van der Waals surface area contributed by atoms with Crippen LogP contribution in [0, 0.1) is 18.7 Å². The van der Waals surface area contributed by atoms with E-state index >= 15 is 0 Å². The van der Waals surface area contributed by atoms with Crippen molar-refractivity contribution in [1.29, 1.82) is 0 Å². The Hall–Kier alpha value is -4.18. The van der Waals surface area contributed by atoms with Crippen molar-refractivity contribution in [2.45, 2.75) is 58.3 Å². The van der Waals surface area contributed by atoms with Crippen LogP contribution in [0.5, 0.6) is 5.88 Å². The van der Waals surface area contributed by atoms with Crippen LogP contribution in [0.3, 0.4) is 0 Å². The number of aryl methyl sites for hydroxylation is 1. The van der Waals surface area contributed by atoms with Crippen LogP contribution in [0.25, 0.3) is 16.7 Å². The summed E-state index contributed by atoms with van der Waals surface area (Å²) in [6.45, 7) is 3.30. The summed E-state index contributed by atoms with van der Waals surface area (Å²) in [6.07, 6.45) is 8.25. The van der Waals surface area contributed by atoms with Crippen LogP contribution in [0.2, 0.25) is 0 Å². The number of nitrogens with zero attached hydrogens (tertiary/aromatic N) is 5. The highest BCUT2D eigenvalue weighted by Gasteiger charge is 2.25. The van der Waals surface area contributed by atoms with Crippen LogP contribution in [0.15, 0.2) is 48.7 Å². The fourth-order valence-corrected chi connectivity index (χ4v) is 5.18. The van der Waals surface area contributed by atoms with E-state index in [9.17, 15) is 14.3 Å². The van der Waals surface area contributed by atoms with Crippen molar-refractivity contribution < 1.29 is 23.8 Å². The summed E-state index contributed by atoms with van der Waals surface area (Å²) >= 11 is 0. The zero-order valence-corrected chi connectivity index (χ0v) is 22.2. The first-order chi connectivity index (χ1) is 19.4. The summed E-state index contributed by atoms with van der Waals surface area (Å²) in [6, 6.07) is 9.99. The largest absolute Gasteiger partial charge is 0.477 e. The highest BCUT2D eigenvalue weighted by Crippen LogP contribution is 2.32. The number of imidazole rings is 1. The highest BCUT2D eigenvalue weighted by atomic mass is 19.1. The maximum Gasteiger partial charge on any atom is 0.354 e. The van der Waals surface area contributed by atoms with Gasteiger partial charge in [0.25, 0.3) is 0 Å². The van der Waals surface area contributed by atoms with Crippen LogP contribution in [0.1, 0.15) is 58.9 Å². The SMILES string of the molecule is Cc1ccc(COc2ccnc(C3=CCC(Cc4nc5ccc(C(=O)O)nc5n4C[C@@H]4CCO4)CC3)n2)c(F)c1. The lowest BCUT2D eigenvalue weighted by Gasteiger charge is -2.28. The average molecular weight is 544 g/mol. The summed E-state index contributed by atoms with van der Waals surface area (Å²) in [4.78, 5) is 29.7. The van der Waals surface area contributed by atoms with Crippen molar-refractivity contribution in [2.24, 2.45) is 5.92 Å². The number of hydrogen-bond donors (Lipinski definition) is 1. The summed E-state index contributed by atoms with van der Waals surface area (Å²) < 4.78 is 27.6. The van der Waals surface area contributed by atoms with Gasteiger partial charge in [0.2, 0.25) is 5.88 Å². The van der Waals surface area contributed by atoms with Crippen molar-refractivity contribution >= 4 is 22.7 Å². The number of carbonyl (C=O) groups is 1. The van der Waals surface area contributed by atoms with Crippen molar-refractivity contribution in [2.75, 3.05) is 6.61 Å². The molecule has 6 rings (SSSR count). The number of aromatic nitrogens is 5. The predicted octanol–water partition coefficient (Wildman–Crippen LogP) is 5.16. The molecule has 0 amide bonds. The number of allylic oxidation sites excluding steroid dienone is 2. The molecule has 4 aromatic rings. The lowest BCUT2D eigenvalue weighted by molar-refractivity contribution is -0.0591. The van der Waals surface area contributed by atoms with Gasteiger partial charge in [0, 0.05) is 30.9 Å². The molecule has 2 aliphatic rings. The summed E-state index contributed by atoms with van der Waals surface area (Å²) in [5, 5.41) is 9.42. The van der Waals surface area contributed by atoms with E-state index < -0.39 is 5.97 Å². The predicted molar refractivity (Wildman–Crippen MR) is 145 cm³/mol. The van der Waals surface area contributed by atoms with Gasteiger partial charge in [-0.1, -0.05) is 18.2 Å². The van der Waals surface area contributed by atoms with Gasteiger partial charge < -0.3 is 19.1 Å². The second-order valence-corrected chi connectivity index (χ2v) is 10.4. The number of carboxylic acids is 1. The lowest BCUT2D eigenvalue weighted by atomic mass is 9.87. The molecule has 10 heteroatoms. The Balaban J connectivity index is 1.15. The minimum atomic E-state index is -1.06. The topological polar surface area (TPSA) is 112 Å². The molecule has 1 aliphatic heterocycles. The molecule has 0 spiro atoms. The molecule has 40 heavy (non-hydrogen) atoms. The number of aromatic carboxylic acids is 1. The molecular formula is C30H30FN5O4. The second-order valence-electron chi connectivity index (χ2n) is 10.4. The number of rotatable bonds is 9. The molecule has 1 fully saturated rings. The minimum Gasteiger partial charge on any atom is -0.477 e. The molecule has 1 saturated heterocycles. The van der Waals surface area contributed by atoms with E-state index in [0.717, 1.165) is 55.7 Å². The molecule has 0 radical (unpaired) electrons. The molecule has 0 bridgehead atoms. The Morgan fingerprint density at radius 3 is 2.77 bits per heavy atom.